The molecule has 0 bridgehead atoms. The SMILES string of the molecule is O=[N+]([O-])c1cnccc1N1CCN(c2ccccc2)CC1. The molecule has 0 atom stereocenters. The molecule has 3 rings (SSSR count). The summed E-state index contributed by atoms with van der Waals surface area (Å²) in [6.45, 7) is 3.23. The first-order chi connectivity index (χ1) is 10.3. The lowest BCUT2D eigenvalue weighted by atomic mass is 10.2. The molecular formula is C15H16N4O2. The fraction of sp³-hybridized carbons (Fsp3) is 0.267. The third-order valence-electron chi connectivity index (χ3n) is 3.72. The van der Waals surface area contributed by atoms with Crippen LogP contribution in [-0.2, 0) is 0 Å². The summed E-state index contributed by atoms with van der Waals surface area (Å²) in [6, 6.07) is 11.9. The van der Waals surface area contributed by atoms with Gasteiger partial charge in [-0.1, -0.05) is 18.2 Å². The van der Waals surface area contributed by atoms with E-state index < -0.39 is 0 Å². The van der Waals surface area contributed by atoms with E-state index in [0.29, 0.717) is 5.69 Å². The van der Waals surface area contributed by atoms with Crippen molar-refractivity contribution in [2.75, 3.05) is 36.0 Å². The average Bonchev–Trinajstić information content (AvgIpc) is 2.56. The van der Waals surface area contributed by atoms with Crippen molar-refractivity contribution in [3.05, 3.63) is 58.9 Å². The normalized spacial score (nSPS) is 15.0. The summed E-state index contributed by atoms with van der Waals surface area (Å²) in [5.74, 6) is 0. The molecule has 0 aliphatic carbocycles. The second kappa shape index (κ2) is 5.78. The summed E-state index contributed by atoms with van der Waals surface area (Å²) >= 11 is 0. The molecule has 6 nitrogen and oxygen atoms in total. The minimum atomic E-state index is -0.369. The van der Waals surface area contributed by atoms with Gasteiger partial charge in [0.05, 0.1) is 4.92 Å². The predicted octanol–water partition coefficient (Wildman–Crippen LogP) is 2.32. The zero-order chi connectivity index (χ0) is 14.7. The Morgan fingerprint density at radius 3 is 2.33 bits per heavy atom. The van der Waals surface area contributed by atoms with E-state index in [2.05, 4.69) is 26.9 Å². The van der Waals surface area contributed by atoms with E-state index in [9.17, 15) is 10.1 Å². The Morgan fingerprint density at radius 1 is 1.00 bits per heavy atom. The number of anilines is 2. The zero-order valence-corrected chi connectivity index (χ0v) is 11.6. The van der Waals surface area contributed by atoms with Gasteiger partial charge in [-0.05, 0) is 18.2 Å². The molecule has 0 unspecified atom stereocenters. The highest BCUT2D eigenvalue weighted by Gasteiger charge is 2.23. The molecule has 0 radical (unpaired) electrons. The molecule has 0 amide bonds. The number of piperazine rings is 1. The lowest BCUT2D eigenvalue weighted by molar-refractivity contribution is -0.384. The summed E-state index contributed by atoms with van der Waals surface area (Å²) in [5.41, 5.74) is 1.93. The minimum Gasteiger partial charge on any atom is -0.368 e. The van der Waals surface area contributed by atoms with E-state index in [-0.39, 0.29) is 10.6 Å². The molecular weight excluding hydrogens is 268 g/mol. The highest BCUT2D eigenvalue weighted by Crippen LogP contribution is 2.28. The van der Waals surface area contributed by atoms with Crippen molar-refractivity contribution >= 4 is 17.1 Å². The number of para-hydroxylation sites is 1. The van der Waals surface area contributed by atoms with Crippen molar-refractivity contribution in [1.82, 2.24) is 4.98 Å². The zero-order valence-electron chi connectivity index (χ0n) is 11.6. The van der Waals surface area contributed by atoms with Crippen LogP contribution in [0.15, 0.2) is 48.8 Å². The molecule has 108 valence electrons. The van der Waals surface area contributed by atoms with Crippen LogP contribution in [0.5, 0.6) is 0 Å². The monoisotopic (exact) mass is 284 g/mol. The smallest absolute Gasteiger partial charge is 0.310 e. The van der Waals surface area contributed by atoms with Crippen molar-refractivity contribution in [2.45, 2.75) is 0 Å². The van der Waals surface area contributed by atoms with Crippen molar-refractivity contribution in [3.8, 4) is 0 Å². The Morgan fingerprint density at radius 2 is 1.67 bits per heavy atom. The van der Waals surface area contributed by atoms with Crippen LogP contribution in [0.4, 0.5) is 17.1 Å². The number of nitrogens with zero attached hydrogens (tertiary/aromatic N) is 4. The fourth-order valence-electron chi connectivity index (χ4n) is 2.63. The number of benzene rings is 1. The number of pyridine rings is 1. The Bertz CT molecular complexity index is 625. The third kappa shape index (κ3) is 2.79. The Balaban J connectivity index is 1.73. The van der Waals surface area contributed by atoms with Crippen LogP contribution in [0.3, 0.4) is 0 Å². The Hall–Kier alpha value is -2.63. The quantitative estimate of drug-likeness (QED) is 0.639. The summed E-state index contributed by atoms with van der Waals surface area (Å²) < 4.78 is 0. The molecule has 0 saturated carbocycles. The fourth-order valence-corrected chi connectivity index (χ4v) is 2.63. The van der Waals surface area contributed by atoms with Crippen LogP contribution in [0.1, 0.15) is 0 Å². The first-order valence-electron chi connectivity index (χ1n) is 6.89. The molecule has 1 aliphatic rings. The number of aromatic nitrogens is 1. The van der Waals surface area contributed by atoms with Gasteiger partial charge in [0.25, 0.3) is 0 Å². The lowest BCUT2D eigenvalue weighted by Gasteiger charge is -2.37. The Kier molecular flexibility index (Phi) is 3.68. The molecule has 2 aromatic rings. The molecule has 1 fully saturated rings. The third-order valence-corrected chi connectivity index (χ3v) is 3.72. The van der Waals surface area contributed by atoms with Crippen LogP contribution in [0, 0.1) is 10.1 Å². The highest BCUT2D eigenvalue weighted by molar-refractivity contribution is 5.62. The van der Waals surface area contributed by atoms with Gasteiger partial charge in [0, 0.05) is 38.1 Å². The van der Waals surface area contributed by atoms with Gasteiger partial charge in [0.15, 0.2) is 0 Å². The number of rotatable bonds is 3. The minimum absolute atomic E-state index is 0.0747. The van der Waals surface area contributed by atoms with Gasteiger partial charge < -0.3 is 9.80 Å². The van der Waals surface area contributed by atoms with Crippen LogP contribution in [-0.4, -0.2) is 36.1 Å². The standard InChI is InChI=1S/C15H16N4O2/c20-19(21)15-12-16-7-6-14(15)18-10-8-17(9-11-18)13-4-2-1-3-5-13/h1-7,12H,8-11H2. The molecule has 6 heteroatoms. The maximum Gasteiger partial charge on any atom is 0.310 e. The van der Waals surface area contributed by atoms with Gasteiger partial charge in [0.2, 0.25) is 0 Å². The summed E-state index contributed by atoms with van der Waals surface area (Å²) in [6.07, 6.45) is 2.92. The van der Waals surface area contributed by atoms with E-state index in [1.54, 1.807) is 12.3 Å². The van der Waals surface area contributed by atoms with Gasteiger partial charge in [-0.2, -0.15) is 0 Å². The molecule has 1 aromatic carbocycles. The number of nitro groups is 1. The van der Waals surface area contributed by atoms with Gasteiger partial charge in [-0.25, -0.2) is 0 Å². The van der Waals surface area contributed by atoms with Crippen LogP contribution in [0.2, 0.25) is 0 Å². The maximum absolute atomic E-state index is 11.1. The first kappa shape index (κ1) is 13.4. The van der Waals surface area contributed by atoms with Gasteiger partial charge in [0.1, 0.15) is 11.9 Å². The van der Waals surface area contributed by atoms with Crippen molar-refractivity contribution in [3.63, 3.8) is 0 Å². The lowest BCUT2D eigenvalue weighted by Crippen LogP contribution is -2.46. The molecule has 1 aliphatic heterocycles. The molecule has 1 aromatic heterocycles. The summed E-state index contributed by atoms with van der Waals surface area (Å²) in [4.78, 5) is 18.9. The van der Waals surface area contributed by atoms with Crippen molar-refractivity contribution < 1.29 is 4.92 Å². The van der Waals surface area contributed by atoms with Gasteiger partial charge >= 0.3 is 5.69 Å². The molecule has 21 heavy (non-hydrogen) atoms. The molecule has 0 spiro atoms. The second-order valence-electron chi connectivity index (χ2n) is 4.93. The Labute approximate surface area is 122 Å². The number of hydrogen-bond donors (Lipinski definition) is 0. The second-order valence-corrected chi connectivity index (χ2v) is 4.93. The predicted molar refractivity (Wildman–Crippen MR) is 81.8 cm³/mol. The maximum atomic E-state index is 11.1. The average molecular weight is 284 g/mol. The van der Waals surface area contributed by atoms with E-state index in [1.807, 2.05) is 18.2 Å². The highest BCUT2D eigenvalue weighted by atomic mass is 16.6. The summed E-state index contributed by atoms with van der Waals surface area (Å²) in [5, 5.41) is 11.1. The summed E-state index contributed by atoms with van der Waals surface area (Å²) in [7, 11) is 0. The van der Waals surface area contributed by atoms with Crippen molar-refractivity contribution in [1.29, 1.82) is 0 Å². The van der Waals surface area contributed by atoms with Crippen LogP contribution in [0.25, 0.3) is 0 Å². The van der Waals surface area contributed by atoms with Gasteiger partial charge in [-0.3, -0.25) is 15.1 Å². The van der Waals surface area contributed by atoms with Crippen molar-refractivity contribution in [2.24, 2.45) is 0 Å². The van der Waals surface area contributed by atoms with Crippen LogP contribution >= 0.6 is 0 Å². The molecule has 0 N–H and O–H groups in total. The number of hydrogen-bond acceptors (Lipinski definition) is 5. The topological polar surface area (TPSA) is 62.5 Å². The molecule has 1 saturated heterocycles. The van der Waals surface area contributed by atoms with E-state index in [1.165, 1.54) is 11.9 Å². The van der Waals surface area contributed by atoms with Crippen LogP contribution < -0.4 is 9.80 Å². The largest absolute Gasteiger partial charge is 0.368 e. The van der Waals surface area contributed by atoms with Gasteiger partial charge in [-0.15, -0.1) is 0 Å². The van der Waals surface area contributed by atoms with E-state index >= 15 is 0 Å². The van der Waals surface area contributed by atoms with E-state index in [0.717, 1.165) is 26.2 Å². The van der Waals surface area contributed by atoms with E-state index in [4.69, 9.17) is 0 Å². The first-order valence-corrected chi connectivity index (χ1v) is 6.89. The molecule has 2 heterocycles.